The molecular weight excluding hydrogens is 496 g/mol. The van der Waals surface area contributed by atoms with E-state index in [2.05, 4.69) is 4.98 Å². The first-order valence-electron chi connectivity index (χ1n) is 11.4. The van der Waals surface area contributed by atoms with Crippen molar-refractivity contribution in [1.29, 1.82) is 0 Å². The highest BCUT2D eigenvalue weighted by atomic mass is 35.5. The van der Waals surface area contributed by atoms with Crippen molar-refractivity contribution < 1.29 is 14.6 Å². The Morgan fingerprint density at radius 1 is 1.19 bits per heavy atom. The van der Waals surface area contributed by atoms with E-state index in [4.69, 9.17) is 26.4 Å². The van der Waals surface area contributed by atoms with Crippen LogP contribution in [0.4, 0.5) is 0 Å². The number of aliphatic carboxylic acids is 1. The Labute approximate surface area is 217 Å². The number of carbonyl (C=O) groups is 1. The third kappa shape index (κ3) is 4.36. The largest absolute Gasteiger partial charge is 0.479 e. The zero-order chi connectivity index (χ0) is 25.8. The number of ether oxygens (including phenoxy) is 1. The number of benzene rings is 2. The first kappa shape index (κ1) is 24.4. The van der Waals surface area contributed by atoms with Gasteiger partial charge in [-0.3, -0.25) is 9.67 Å². The van der Waals surface area contributed by atoms with E-state index in [-0.39, 0.29) is 0 Å². The maximum atomic E-state index is 12.5. The van der Waals surface area contributed by atoms with Crippen molar-refractivity contribution in [1.82, 2.24) is 19.7 Å². The van der Waals surface area contributed by atoms with E-state index < -0.39 is 17.7 Å². The predicted molar refractivity (Wildman–Crippen MR) is 144 cm³/mol. The van der Waals surface area contributed by atoms with Gasteiger partial charge in [0.05, 0.1) is 21.3 Å². The molecule has 0 radical (unpaired) electrons. The lowest BCUT2D eigenvalue weighted by Gasteiger charge is -2.28. The van der Waals surface area contributed by atoms with E-state index in [1.165, 1.54) is 11.3 Å². The van der Waals surface area contributed by atoms with Gasteiger partial charge < -0.3 is 9.84 Å². The molecule has 7 nitrogen and oxygen atoms in total. The summed E-state index contributed by atoms with van der Waals surface area (Å²) in [6.07, 6.45) is 2.37. The monoisotopic (exact) mass is 520 g/mol. The molecule has 0 saturated carbocycles. The van der Waals surface area contributed by atoms with Gasteiger partial charge in [-0.25, -0.2) is 9.78 Å². The van der Waals surface area contributed by atoms with Gasteiger partial charge in [0, 0.05) is 41.0 Å². The smallest absolute Gasteiger partial charge is 0.337 e. The van der Waals surface area contributed by atoms with Gasteiger partial charge in [0.1, 0.15) is 10.7 Å². The first-order valence-corrected chi connectivity index (χ1v) is 12.6. The number of carboxylic acids is 1. The predicted octanol–water partition coefficient (Wildman–Crippen LogP) is 6.81. The average Bonchev–Trinajstić information content (AvgIpc) is 3.38. The van der Waals surface area contributed by atoms with Gasteiger partial charge in [-0.15, -0.1) is 11.3 Å². The van der Waals surface area contributed by atoms with Crippen molar-refractivity contribution in [2.24, 2.45) is 7.05 Å². The Kier molecular flexibility index (Phi) is 6.06. The van der Waals surface area contributed by atoms with Gasteiger partial charge in [-0.2, -0.15) is 5.10 Å². The number of pyridine rings is 1. The summed E-state index contributed by atoms with van der Waals surface area (Å²) in [5.74, 6) is -1.05. The van der Waals surface area contributed by atoms with E-state index in [0.717, 1.165) is 48.5 Å². The number of fused-ring (bicyclic) bond motifs is 2. The van der Waals surface area contributed by atoms with Gasteiger partial charge in [0.2, 0.25) is 0 Å². The zero-order valence-corrected chi connectivity index (χ0v) is 22.1. The fourth-order valence-electron chi connectivity index (χ4n) is 4.41. The first-order chi connectivity index (χ1) is 17.0. The van der Waals surface area contributed by atoms with Crippen molar-refractivity contribution in [3.05, 3.63) is 64.9 Å². The molecule has 0 spiro atoms. The third-order valence-corrected chi connectivity index (χ3v) is 7.22. The van der Waals surface area contributed by atoms with Crippen LogP contribution in [0, 0.1) is 6.92 Å². The van der Waals surface area contributed by atoms with Gasteiger partial charge in [-0.05, 0) is 63.1 Å². The molecule has 0 aliphatic rings. The van der Waals surface area contributed by atoms with Gasteiger partial charge in [0.25, 0.3) is 0 Å². The molecule has 0 bridgehead atoms. The molecule has 0 aliphatic carbocycles. The Bertz CT molecular complexity index is 1620. The maximum Gasteiger partial charge on any atom is 0.337 e. The van der Waals surface area contributed by atoms with Crippen LogP contribution in [0.3, 0.4) is 0 Å². The van der Waals surface area contributed by atoms with E-state index in [9.17, 15) is 9.90 Å². The minimum absolute atomic E-state index is 0.599. The van der Waals surface area contributed by atoms with E-state index in [0.29, 0.717) is 10.6 Å². The highest BCUT2D eigenvalue weighted by Gasteiger charge is 2.32. The summed E-state index contributed by atoms with van der Waals surface area (Å²) < 4.78 is 8.76. The molecule has 1 N–H and O–H groups in total. The third-order valence-electron chi connectivity index (χ3n) is 5.87. The number of aromatic nitrogens is 4. The zero-order valence-electron chi connectivity index (χ0n) is 20.5. The van der Waals surface area contributed by atoms with E-state index in [1.807, 2.05) is 63.7 Å². The second-order valence-corrected chi connectivity index (χ2v) is 11.1. The molecule has 0 aliphatic heterocycles. The van der Waals surface area contributed by atoms with E-state index >= 15 is 0 Å². The van der Waals surface area contributed by atoms with Gasteiger partial charge in [-0.1, -0.05) is 23.7 Å². The molecular formula is C27H25ClN4O3S. The van der Waals surface area contributed by atoms with Crippen molar-refractivity contribution in [3.8, 4) is 21.8 Å². The highest BCUT2D eigenvalue weighted by Crippen LogP contribution is 2.44. The number of thiazole rings is 1. The topological polar surface area (TPSA) is 90.1 Å². The lowest BCUT2D eigenvalue weighted by atomic mass is 9.91. The Morgan fingerprint density at radius 3 is 2.58 bits per heavy atom. The van der Waals surface area contributed by atoms with Crippen LogP contribution in [0.2, 0.25) is 5.02 Å². The number of hydrogen-bond acceptors (Lipinski definition) is 6. The molecule has 9 heteroatoms. The van der Waals surface area contributed by atoms with Crippen LogP contribution in [-0.4, -0.2) is 36.4 Å². The van der Waals surface area contributed by atoms with E-state index in [1.54, 1.807) is 24.5 Å². The number of hydrogen-bond donors (Lipinski definition) is 1. The van der Waals surface area contributed by atoms with Crippen LogP contribution in [-0.2, 0) is 16.6 Å². The molecule has 5 rings (SSSR count). The average molecular weight is 521 g/mol. The standard InChI is InChI=1S/C27H25ClN4O3S/c1-14-12-18-24(36-25(30-18)22-17-13-29-11-10-19(17)32(5)31-22)21(15-6-8-16(28)9-7-15)20(14)23(26(33)34)35-27(2,3)4/h6-13,23H,1-5H3,(H,33,34). The molecule has 36 heavy (non-hydrogen) atoms. The lowest BCUT2D eigenvalue weighted by molar-refractivity contribution is -0.160. The van der Waals surface area contributed by atoms with Gasteiger partial charge in [0.15, 0.2) is 6.10 Å². The molecule has 0 amide bonds. The summed E-state index contributed by atoms with van der Waals surface area (Å²) >= 11 is 7.66. The van der Waals surface area contributed by atoms with Crippen LogP contribution < -0.4 is 0 Å². The van der Waals surface area contributed by atoms with Crippen LogP contribution in [0.5, 0.6) is 0 Å². The van der Waals surface area contributed by atoms with Crippen LogP contribution in [0.15, 0.2) is 48.8 Å². The van der Waals surface area contributed by atoms with Crippen molar-refractivity contribution in [3.63, 3.8) is 0 Å². The number of rotatable bonds is 5. The van der Waals surface area contributed by atoms with Crippen LogP contribution in [0.25, 0.3) is 42.9 Å². The number of nitrogens with zero attached hydrogens (tertiary/aromatic N) is 4. The van der Waals surface area contributed by atoms with Gasteiger partial charge >= 0.3 is 5.97 Å². The second-order valence-electron chi connectivity index (χ2n) is 9.67. The van der Waals surface area contributed by atoms with Crippen LogP contribution in [0.1, 0.15) is 38.0 Å². The molecule has 3 heterocycles. The fourth-order valence-corrected chi connectivity index (χ4v) is 5.66. The summed E-state index contributed by atoms with van der Waals surface area (Å²) in [7, 11) is 1.89. The summed E-state index contributed by atoms with van der Waals surface area (Å²) in [5, 5.41) is 17.2. The molecule has 1 atom stereocenters. The van der Waals surface area contributed by atoms with Crippen LogP contribution >= 0.6 is 22.9 Å². The molecule has 184 valence electrons. The van der Waals surface area contributed by atoms with Crippen molar-refractivity contribution in [2.45, 2.75) is 39.4 Å². The number of halogens is 1. The minimum Gasteiger partial charge on any atom is -0.479 e. The van der Waals surface area contributed by atoms with Crippen molar-refractivity contribution in [2.75, 3.05) is 0 Å². The molecule has 5 aromatic rings. The molecule has 1 unspecified atom stereocenters. The molecule has 2 aromatic carbocycles. The summed E-state index contributed by atoms with van der Waals surface area (Å²) in [4.78, 5) is 21.7. The summed E-state index contributed by atoms with van der Waals surface area (Å²) in [6, 6.07) is 11.2. The molecule has 0 saturated heterocycles. The number of aryl methyl sites for hydroxylation is 2. The summed E-state index contributed by atoms with van der Waals surface area (Å²) in [5.41, 5.74) is 4.81. The Morgan fingerprint density at radius 2 is 1.92 bits per heavy atom. The number of carboxylic acid groups (broad SMARTS) is 1. The van der Waals surface area contributed by atoms with Crippen molar-refractivity contribution >= 4 is 50.0 Å². The maximum absolute atomic E-state index is 12.5. The molecule has 0 fully saturated rings. The highest BCUT2D eigenvalue weighted by molar-refractivity contribution is 7.22. The fraction of sp³-hybridized carbons (Fsp3) is 0.259. The molecule has 3 aromatic heterocycles. The SMILES string of the molecule is Cc1cc2nc(-c3nn(C)c4ccncc34)sc2c(-c2ccc(Cl)cc2)c1C(OC(C)(C)C)C(=O)O. The minimum atomic E-state index is -1.16. The normalized spacial score (nSPS) is 12.9. The quantitative estimate of drug-likeness (QED) is 0.273. The second kappa shape index (κ2) is 8.96. The lowest BCUT2D eigenvalue weighted by Crippen LogP contribution is -2.28. The summed E-state index contributed by atoms with van der Waals surface area (Å²) in [6.45, 7) is 7.45. The Hall–Kier alpha value is -3.33. The Balaban J connectivity index is 1.82.